The quantitative estimate of drug-likeness (QED) is 0.0587. The highest BCUT2D eigenvalue weighted by molar-refractivity contribution is 8.35. The predicted molar refractivity (Wildman–Crippen MR) is 397 cm³/mol. The van der Waals surface area contributed by atoms with E-state index in [1.807, 2.05) is 0 Å². The lowest BCUT2D eigenvalue weighted by Crippen LogP contribution is -2.94. The number of hydrogen-bond donors (Lipinski definition) is 0. The van der Waals surface area contributed by atoms with E-state index < -0.39 is 211 Å². The topological polar surface area (TPSA) is 0 Å². The molecule has 0 saturated carbocycles. The zero-order valence-corrected chi connectivity index (χ0v) is 39.8. The van der Waals surface area contributed by atoms with Crippen LogP contribution in [0.2, 0.25) is 0 Å². The van der Waals surface area contributed by atoms with E-state index in [1.54, 1.807) is 7.06 Å². The van der Waals surface area contributed by atoms with Gasteiger partial charge < -0.3 is 0 Å². The van der Waals surface area contributed by atoms with Crippen molar-refractivity contribution in [1.82, 2.24) is 0 Å². The van der Waals surface area contributed by atoms with Gasteiger partial charge in [0.25, 0.3) is 0 Å². The standard InChI is InChI=1S/B69/c1-37(2)54(35)65(57(38(3)4)39(5)6)69(64(52(31)32)53(33)34)56(68(62(48(23)24)49(25)26)63(50(27)28)51(29)30)36-55(66(58(40(7)8)41(9)10)59(42(11)12)43(13)14)67(60(44(15)16)45(17)18)61(46(19)20)47(21)22. The van der Waals surface area contributed by atoms with Gasteiger partial charge in [-0.2, -0.15) is 0 Å². The van der Waals surface area contributed by atoms with Crippen molar-refractivity contribution in [3.63, 3.8) is 0 Å². The van der Waals surface area contributed by atoms with Crippen molar-refractivity contribution in [2.45, 2.75) is 0 Å². The van der Waals surface area contributed by atoms with Gasteiger partial charge in [0, 0.05) is 489 Å². The van der Waals surface area contributed by atoms with Crippen molar-refractivity contribution in [1.29, 1.82) is 0 Å². The van der Waals surface area contributed by atoms with E-state index >= 15 is 0 Å². The first-order valence-electron chi connectivity index (χ1n) is 22.7. The molecule has 0 N–H and O–H groups in total. The molecule has 0 aromatic rings. The molecule has 0 aliphatic carbocycles. The molecule has 0 rings (SSSR count). The Bertz CT molecular complexity index is 1130. The zero-order valence-electron chi connectivity index (χ0n) is 39.8. The second-order valence-corrected chi connectivity index (χ2v) is 19.2. The zero-order chi connectivity index (χ0) is 54.8. The molecule has 0 aliphatic heterocycles. The predicted octanol–water partition coefficient (Wildman–Crippen LogP) is -26.3. The SMILES string of the molecule is [B]B([B])B([B])B(B(B([B])[B])B([B])[B])B(B([B]B(B(B(B([B])[B])B([B])[B])B(B([B])[B])B([B])[B])B(B(B([B])[B])B([B])[B])B(B([B])[B])B([B])[B])B(B(B([B])[B])B([B])[B])B(B([B])[B])B([B])[B])B(B([B])[B])B([B])[B]. The lowest BCUT2D eigenvalue weighted by atomic mass is 8.26. The fourth-order valence-electron chi connectivity index (χ4n) is 11.5. The third-order valence-electron chi connectivity index (χ3n) is 14.2. The number of hydrogen-bond acceptors (Lipinski definition) is 0. The molecule has 0 saturated heterocycles. The minimum absolute atomic E-state index is 1.31. The maximum atomic E-state index is 7.06. The Morgan fingerprint density at radius 2 is 0.246 bits per heavy atom. The lowest BCUT2D eigenvalue weighted by molar-refractivity contribution is 3.20. The van der Waals surface area contributed by atoms with Crippen LogP contribution in [0.5, 0.6) is 0 Å². The molecule has 0 amide bonds. The smallest absolute Gasteiger partial charge is 0 e. The van der Waals surface area contributed by atoms with E-state index in [0.717, 1.165) is 0 Å². The van der Waals surface area contributed by atoms with Crippen LogP contribution in [0, 0.1) is 0 Å². The van der Waals surface area contributed by atoms with Crippen LogP contribution in [-0.4, -0.2) is 489 Å². The third-order valence-corrected chi connectivity index (χ3v) is 14.2. The van der Waals surface area contributed by atoms with Gasteiger partial charge in [-0.05, 0) is 0 Å². The van der Waals surface area contributed by atoms with Crippen molar-refractivity contribution in [2.24, 2.45) is 0 Å². The van der Waals surface area contributed by atoms with E-state index in [-0.39, 0.29) is 0 Å². The van der Waals surface area contributed by atoms with Crippen LogP contribution in [0.1, 0.15) is 0 Å². The fraction of sp³-hybridized carbons (Fsp3) is 0. The summed E-state index contributed by atoms with van der Waals surface area (Å²) in [4.78, 5) is 0. The Morgan fingerprint density at radius 3 is 0.362 bits per heavy atom. The van der Waals surface area contributed by atoms with Gasteiger partial charge in [-0.3, -0.25) is 0 Å². The second kappa shape index (κ2) is 33.9. The van der Waals surface area contributed by atoms with Crippen molar-refractivity contribution in [3.05, 3.63) is 0 Å². The molecule has 0 unspecified atom stereocenters. The van der Waals surface area contributed by atoms with Gasteiger partial charge in [0.15, 0.2) is 0 Å². The monoisotopic (exact) mass is 760 g/mol. The second-order valence-electron chi connectivity index (χ2n) is 19.2. The van der Waals surface area contributed by atoms with Gasteiger partial charge >= 0.3 is 0 Å². The van der Waals surface area contributed by atoms with Crippen LogP contribution >= 0.6 is 0 Å². The van der Waals surface area contributed by atoms with Crippen LogP contribution in [0.15, 0.2) is 0 Å². The van der Waals surface area contributed by atoms with Crippen LogP contribution in [0.3, 0.4) is 0 Å². The number of rotatable bonds is 33. The minimum atomic E-state index is -1.54. The lowest BCUT2D eigenvalue weighted by Gasteiger charge is -2.56. The summed E-state index contributed by atoms with van der Waals surface area (Å²) < 4.78 is 0. The van der Waals surface area contributed by atoms with Gasteiger partial charge in [-0.1, -0.05) is 0 Å². The first kappa shape index (κ1) is 73.5. The molecular weight excluding hydrogens is 746 g/mol. The molecule has 0 heterocycles. The van der Waals surface area contributed by atoms with Gasteiger partial charge in [0.05, 0.1) is 0 Å². The van der Waals surface area contributed by atoms with E-state index in [2.05, 4.69) is 0 Å². The Kier molecular flexibility index (Phi) is 36.1. The van der Waals surface area contributed by atoms with E-state index in [9.17, 15) is 0 Å². The first-order chi connectivity index (χ1) is 31.4. The van der Waals surface area contributed by atoms with Gasteiger partial charge in [-0.25, -0.2) is 0 Å². The van der Waals surface area contributed by atoms with Crippen LogP contribution in [0.4, 0.5) is 0 Å². The highest BCUT2D eigenvalue weighted by Gasteiger charge is 2.60. The van der Waals surface area contributed by atoms with Crippen LogP contribution in [-0.2, 0) is 0 Å². The van der Waals surface area contributed by atoms with Crippen LogP contribution < -0.4 is 0 Å². The molecular formula is B69. The Balaban J connectivity index is 10.8. The molecule has 0 spiro atoms. The molecule has 69 heavy (non-hydrogen) atoms. The van der Waals surface area contributed by atoms with Crippen molar-refractivity contribution < 1.29 is 0 Å². The third kappa shape index (κ3) is 20.5. The average Bonchev–Trinajstić information content (AvgIpc) is 3.13. The molecule has 207 valence electrons. The van der Waals surface area contributed by atoms with Crippen molar-refractivity contribution >= 4 is 489 Å². The molecule has 0 aromatic carbocycles. The summed E-state index contributed by atoms with van der Waals surface area (Å²) in [5, 5.41) is 0. The summed E-state index contributed by atoms with van der Waals surface area (Å²) in [6.07, 6.45) is -47.5. The summed E-state index contributed by atoms with van der Waals surface area (Å²) in [7, 11) is 233. The highest BCUT2D eigenvalue weighted by Crippen LogP contribution is 2.22. The van der Waals surface area contributed by atoms with E-state index in [4.69, 9.17) is 271 Å². The Morgan fingerprint density at radius 1 is 0.130 bits per heavy atom. The summed E-state index contributed by atoms with van der Waals surface area (Å²) in [6, 6.07) is 0. The van der Waals surface area contributed by atoms with E-state index in [0.29, 0.717) is 0 Å². The van der Waals surface area contributed by atoms with Gasteiger partial charge in [-0.15, -0.1) is 0 Å². The van der Waals surface area contributed by atoms with Gasteiger partial charge in [0.1, 0.15) is 0 Å². The largest absolute Gasteiger partial charge is 0 e. The molecule has 0 fully saturated rings. The summed E-state index contributed by atoms with van der Waals surface area (Å²) in [5.74, 6) is 0. The van der Waals surface area contributed by atoms with Crippen molar-refractivity contribution in [2.75, 3.05) is 0 Å². The highest BCUT2D eigenvalue weighted by atomic mass is 13.4. The van der Waals surface area contributed by atoms with Crippen molar-refractivity contribution in [3.8, 4) is 0 Å². The average molecular weight is 746 g/mol. The normalized spacial score (nSPS) is 9.74. The fourth-order valence-corrected chi connectivity index (χ4v) is 11.5. The molecule has 0 bridgehead atoms. The maximum Gasteiger partial charge on any atom is 0 e. The molecule has 71 radical (unpaired) electrons. The Hall–Kier alpha value is 4.48. The molecule has 69 heteroatoms. The summed E-state index contributed by atoms with van der Waals surface area (Å²) in [6.45, 7) is 0. The summed E-state index contributed by atoms with van der Waals surface area (Å²) in [5.41, 5.74) is 0. The molecule has 0 atom stereocenters. The minimum Gasteiger partial charge on any atom is 0 e. The van der Waals surface area contributed by atoms with Crippen LogP contribution in [0.25, 0.3) is 0 Å². The van der Waals surface area contributed by atoms with Gasteiger partial charge in [0.2, 0.25) is 0 Å². The van der Waals surface area contributed by atoms with E-state index in [1.165, 1.54) is 0 Å². The Labute approximate surface area is 484 Å². The molecule has 0 aliphatic rings. The maximum absolute atomic E-state index is 7.06. The first-order valence-corrected chi connectivity index (χ1v) is 22.7. The molecule has 0 nitrogen and oxygen atoms in total. The molecule has 0 aromatic heterocycles. The summed E-state index contributed by atoms with van der Waals surface area (Å²) >= 11 is 0.